The maximum Gasteiger partial charge on any atom is 0.161 e. The van der Waals surface area contributed by atoms with Gasteiger partial charge >= 0.3 is 0 Å². The van der Waals surface area contributed by atoms with Crippen LogP contribution in [0.1, 0.15) is 31.1 Å². The van der Waals surface area contributed by atoms with E-state index in [2.05, 4.69) is 13.8 Å². The second kappa shape index (κ2) is 5.57. The lowest BCUT2D eigenvalue weighted by molar-refractivity contribution is 0.101. The first-order valence-electron chi connectivity index (χ1n) is 4.94. The Hall–Kier alpha value is -0.470. The van der Waals surface area contributed by atoms with Crippen molar-refractivity contribution in [3.05, 3.63) is 28.8 Å². The molecule has 0 amide bonds. The molecule has 0 unspecified atom stereocenters. The van der Waals surface area contributed by atoms with Crippen LogP contribution in [0.5, 0.6) is 0 Å². The SMILES string of the molecule is CC(=O)c1ccc(SCC(C)C)cc1Cl. The van der Waals surface area contributed by atoms with Crippen molar-refractivity contribution in [1.82, 2.24) is 0 Å². The fourth-order valence-electron chi connectivity index (χ4n) is 1.13. The van der Waals surface area contributed by atoms with Crippen molar-refractivity contribution in [1.29, 1.82) is 0 Å². The molecule has 0 saturated carbocycles. The molecule has 0 fully saturated rings. The van der Waals surface area contributed by atoms with Gasteiger partial charge in [0.2, 0.25) is 0 Å². The van der Waals surface area contributed by atoms with Crippen molar-refractivity contribution in [2.45, 2.75) is 25.7 Å². The molecule has 1 aromatic rings. The lowest BCUT2D eigenvalue weighted by atomic mass is 10.1. The van der Waals surface area contributed by atoms with Crippen LogP contribution < -0.4 is 0 Å². The Morgan fingerprint density at radius 2 is 2.13 bits per heavy atom. The molecule has 1 rings (SSSR count). The number of carbonyl (C=O) groups is 1. The van der Waals surface area contributed by atoms with Gasteiger partial charge in [-0.2, -0.15) is 0 Å². The van der Waals surface area contributed by atoms with E-state index < -0.39 is 0 Å². The van der Waals surface area contributed by atoms with Gasteiger partial charge in [-0.25, -0.2) is 0 Å². The van der Waals surface area contributed by atoms with Crippen molar-refractivity contribution in [2.75, 3.05) is 5.75 Å². The van der Waals surface area contributed by atoms with Gasteiger partial charge in [-0.1, -0.05) is 25.4 Å². The average Bonchev–Trinajstić information content (AvgIpc) is 2.14. The summed E-state index contributed by atoms with van der Waals surface area (Å²) in [4.78, 5) is 12.3. The van der Waals surface area contributed by atoms with E-state index in [1.807, 2.05) is 12.1 Å². The van der Waals surface area contributed by atoms with Gasteiger partial charge < -0.3 is 0 Å². The number of ketones is 1. The number of rotatable bonds is 4. The molecule has 0 aliphatic rings. The van der Waals surface area contributed by atoms with E-state index in [-0.39, 0.29) is 5.78 Å². The fraction of sp³-hybridized carbons (Fsp3) is 0.417. The topological polar surface area (TPSA) is 17.1 Å². The lowest BCUT2D eigenvalue weighted by Crippen LogP contribution is -1.94. The number of halogens is 1. The van der Waals surface area contributed by atoms with E-state index in [1.165, 1.54) is 6.92 Å². The molecule has 0 radical (unpaired) electrons. The molecule has 0 heterocycles. The molecule has 0 N–H and O–H groups in total. The fourth-order valence-corrected chi connectivity index (χ4v) is 2.40. The number of carbonyl (C=O) groups excluding carboxylic acids is 1. The number of benzene rings is 1. The molecular formula is C12H15ClOS. The summed E-state index contributed by atoms with van der Waals surface area (Å²) in [6, 6.07) is 5.62. The minimum Gasteiger partial charge on any atom is -0.294 e. The molecule has 3 heteroatoms. The summed E-state index contributed by atoms with van der Waals surface area (Å²) in [5.41, 5.74) is 0.602. The van der Waals surface area contributed by atoms with Gasteiger partial charge in [0.15, 0.2) is 5.78 Å². The minimum atomic E-state index is 0.0143. The van der Waals surface area contributed by atoms with E-state index in [0.717, 1.165) is 10.6 Å². The second-order valence-electron chi connectivity index (χ2n) is 3.90. The quantitative estimate of drug-likeness (QED) is 0.579. The molecule has 0 spiro atoms. The van der Waals surface area contributed by atoms with E-state index >= 15 is 0 Å². The summed E-state index contributed by atoms with van der Waals surface area (Å²) in [5, 5.41) is 0.552. The Labute approximate surface area is 100 Å². The predicted molar refractivity (Wildman–Crippen MR) is 67.0 cm³/mol. The van der Waals surface area contributed by atoms with Crippen LogP contribution in [0, 0.1) is 5.92 Å². The van der Waals surface area contributed by atoms with E-state index in [9.17, 15) is 4.79 Å². The van der Waals surface area contributed by atoms with Crippen molar-refractivity contribution in [2.24, 2.45) is 5.92 Å². The first-order chi connectivity index (χ1) is 7.00. The molecular weight excluding hydrogens is 228 g/mol. The third-order valence-electron chi connectivity index (χ3n) is 1.90. The van der Waals surface area contributed by atoms with Crippen LogP contribution in [0.2, 0.25) is 5.02 Å². The van der Waals surface area contributed by atoms with Crippen LogP contribution >= 0.6 is 23.4 Å². The van der Waals surface area contributed by atoms with Crippen LogP contribution in [-0.2, 0) is 0 Å². The molecule has 1 nitrogen and oxygen atoms in total. The van der Waals surface area contributed by atoms with Crippen LogP contribution in [0.4, 0.5) is 0 Å². The highest BCUT2D eigenvalue weighted by molar-refractivity contribution is 7.99. The van der Waals surface area contributed by atoms with Crippen LogP contribution in [0.15, 0.2) is 23.1 Å². The average molecular weight is 243 g/mol. The van der Waals surface area contributed by atoms with Crippen molar-refractivity contribution >= 4 is 29.1 Å². The maximum atomic E-state index is 11.2. The number of hydrogen-bond acceptors (Lipinski definition) is 2. The highest BCUT2D eigenvalue weighted by atomic mass is 35.5. The van der Waals surface area contributed by atoms with E-state index in [4.69, 9.17) is 11.6 Å². The van der Waals surface area contributed by atoms with Gasteiger partial charge in [0.1, 0.15) is 0 Å². The molecule has 0 aromatic heterocycles. The van der Waals surface area contributed by atoms with Gasteiger partial charge in [0.05, 0.1) is 5.02 Å². The summed E-state index contributed by atoms with van der Waals surface area (Å²) >= 11 is 7.77. The normalized spacial score (nSPS) is 10.7. The maximum absolute atomic E-state index is 11.2. The van der Waals surface area contributed by atoms with Crippen molar-refractivity contribution < 1.29 is 4.79 Å². The standard InChI is InChI=1S/C12H15ClOS/c1-8(2)7-15-10-4-5-11(9(3)14)12(13)6-10/h4-6,8H,7H2,1-3H3. The molecule has 0 aliphatic heterocycles. The van der Waals surface area contributed by atoms with Gasteiger partial charge in [-0.3, -0.25) is 4.79 Å². The number of thioether (sulfide) groups is 1. The summed E-state index contributed by atoms with van der Waals surface area (Å²) in [5.74, 6) is 1.73. The zero-order chi connectivity index (χ0) is 11.4. The molecule has 0 bridgehead atoms. The number of hydrogen-bond donors (Lipinski definition) is 0. The zero-order valence-electron chi connectivity index (χ0n) is 9.21. The highest BCUT2D eigenvalue weighted by Crippen LogP contribution is 2.26. The Morgan fingerprint density at radius 3 is 2.60 bits per heavy atom. The predicted octanol–water partition coefficient (Wildman–Crippen LogP) is 4.29. The molecule has 0 saturated heterocycles. The Morgan fingerprint density at radius 1 is 1.47 bits per heavy atom. The molecule has 82 valence electrons. The summed E-state index contributed by atoms with van der Waals surface area (Å²) in [6.45, 7) is 5.89. The third-order valence-corrected chi connectivity index (χ3v) is 3.64. The van der Waals surface area contributed by atoms with Gasteiger partial charge in [-0.05, 0) is 31.0 Å². The van der Waals surface area contributed by atoms with Crippen LogP contribution in [-0.4, -0.2) is 11.5 Å². The van der Waals surface area contributed by atoms with Gasteiger partial charge in [0, 0.05) is 16.2 Å². The van der Waals surface area contributed by atoms with Crippen molar-refractivity contribution in [3.63, 3.8) is 0 Å². The zero-order valence-corrected chi connectivity index (χ0v) is 10.8. The summed E-state index contributed by atoms with van der Waals surface area (Å²) in [7, 11) is 0. The summed E-state index contributed by atoms with van der Waals surface area (Å²) in [6.07, 6.45) is 0. The van der Waals surface area contributed by atoms with E-state index in [0.29, 0.717) is 16.5 Å². The van der Waals surface area contributed by atoms with Gasteiger partial charge in [-0.15, -0.1) is 11.8 Å². The largest absolute Gasteiger partial charge is 0.294 e. The van der Waals surface area contributed by atoms with Gasteiger partial charge in [0.25, 0.3) is 0 Å². The number of Topliss-reactive ketones (excluding diaryl/α,β-unsaturated/α-hetero) is 1. The van der Waals surface area contributed by atoms with E-state index in [1.54, 1.807) is 17.8 Å². The second-order valence-corrected chi connectivity index (χ2v) is 5.40. The first kappa shape index (κ1) is 12.6. The Balaban J connectivity index is 2.78. The molecule has 15 heavy (non-hydrogen) atoms. The van der Waals surface area contributed by atoms with Crippen LogP contribution in [0.25, 0.3) is 0 Å². The Kier molecular flexibility index (Phi) is 4.68. The molecule has 1 aromatic carbocycles. The molecule has 0 atom stereocenters. The highest BCUT2D eigenvalue weighted by Gasteiger charge is 2.06. The third kappa shape index (κ3) is 3.88. The Bertz CT molecular complexity index is 361. The molecule has 0 aliphatic carbocycles. The van der Waals surface area contributed by atoms with Crippen molar-refractivity contribution in [3.8, 4) is 0 Å². The lowest BCUT2D eigenvalue weighted by Gasteiger charge is -2.06. The first-order valence-corrected chi connectivity index (χ1v) is 6.30. The van der Waals surface area contributed by atoms with Crippen LogP contribution in [0.3, 0.4) is 0 Å². The smallest absolute Gasteiger partial charge is 0.161 e. The minimum absolute atomic E-state index is 0.0143. The monoisotopic (exact) mass is 242 g/mol. The summed E-state index contributed by atoms with van der Waals surface area (Å²) < 4.78 is 0.